The van der Waals surface area contributed by atoms with Crippen LogP contribution in [-0.4, -0.2) is 25.2 Å². The van der Waals surface area contributed by atoms with Crippen LogP contribution in [0, 0.1) is 0 Å². The molecule has 4 aromatic rings. The summed E-state index contributed by atoms with van der Waals surface area (Å²) in [5.74, 6) is 0.679. The summed E-state index contributed by atoms with van der Waals surface area (Å²) in [5.41, 5.74) is 3.33. The van der Waals surface area contributed by atoms with E-state index >= 15 is 0 Å². The molecule has 0 saturated carbocycles. The minimum atomic E-state index is 0.679. The molecule has 0 spiro atoms. The third kappa shape index (κ3) is 1.58. The molecule has 1 N–H and O–H groups in total. The number of tetrazole rings is 1. The molecule has 98 valence electrons. The van der Waals surface area contributed by atoms with Gasteiger partial charge < -0.3 is 4.57 Å². The molecule has 2 aromatic carbocycles. The first kappa shape index (κ1) is 11.6. The summed E-state index contributed by atoms with van der Waals surface area (Å²) >= 11 is 3.52. The van der Waals surface area contributed by atoms with Crippen molar-refractivity contribution in [2.24, 2.45) is 7.05 Å². The van der Waals surface area contributed by atoms with Crippen molar-refractivity contribution in [3.8, 4) is 11.4 Å². The predicted molar refractivity (Wildman–Crippen MR) is 81.3 cm³/mol. The van der Waals surface area contributed by atoms with Crippen LogP contribution >= 0.6 is 15.9 Å². The Bertz CT molecular complexity index is 924. The topological polar surface area (TPSA) is 59.4 Å². The smallest absolute Gasteiger partial charge is 0.179 e. The van der Waals surface area contributed by atoms with Crippen LogP contribution in [0.5, 0.6) is 0 Å². The second kappa shape index (κ2) is 4.14. The van der Waals surface area contributed by atoms with Crippen molar-refractivity contribution in [1.29, 1.82) is 0 Å². The van der Waals surface area contributed by atoms with Crippen molar-refractivity contribution in [3.63, 3.8) is 0 Å². The number of nitrogens with zero attached hydrogens (tertiary/aromatic N) is 4. The molecule has 0 unspecified atom stereocenters. The Morgan fingerprint density at radius 1 is 1.05 bits per heavy atom. The van der Waals surface area contributed by atoms with Crippen LogP contribution in [0.3, 0.4) is 0 Å². The minimum Gasteiger partial charge on any atom is -0.344 e. The molecule has 0 aliphatic rings. The largest absolute Gasteiger partial charge is 0.344 e. The highest BCUT2D eigenvalue weighted by Crippen LogP contribution is 2.32. The van der Waals surface area contributed by atoms with Crippen LogP contribution in [-0.2, 0) is 7.05 Å². The van der Waals surface area contributed by atoms with E-state index < -0.39 is 0 Å². The van der Waals surface area contributed by atoms with E-state index in [2.05, 4.69) is 78.5 Å². The third-order valence-corrected chi connectivity index (χ3v) is 4.08. The quantitative estimate of drug-likeness (QED) is 0.583. The van der Waals surface area contributed by atoms with Gasteiger partial charge in [0, 0.05) is 38.9 Å². The highest BCUT2D eigenvalue weighted by atomic mass is 79.9. The molecule has 5 nitrogen and oxygen atoms in total. The van der Waals surface area contributed by atoms with E-state index in [0.717, 1.165) is 15.6 Å². The zero-order chi connectivity index (χ0) is 13.7. The average Bonchev–Trinajstić information content (AvgIpc) is 3.07. The lowest BCUT2D eigenvalue weighted by Gasteiger charge is -2.00. The van der Waals surface area contributed by atoms with Crippen LogP contribution in [0.1, 0.15) is 0 Å². The molecule has 6 heteroatoms. The van der Waals surface area contributed by atoms with E-state index in [1.165, 1.54) is 16.3 Å². The lowest BCUT2D eigenvalue weighted by Crippen LogP contribution is -1.88. The van der Waals surface area contributed by atoms with E-state index in [9.17, 15) is 0 Å². The number of hydrogen-bond donors (Lipinski definition) is 1. The normalized spacial score (nSPS) is 11.5. The number of halogens is 1. The van der Waals surface area contributed by atoms with Gasteiger partial charge in [0.15, 0.2) is 5.82 Å². The number of aromatic nitrogens is 5. The van der Waals surface area contributed by atoms with Crippen molar-refractivity contribution in [2.45, 2.75) is 0 Å². The van der Waals surface area contributed by atoms with Crippen LogP contribution in [0.15, 0.2) is 40.9 Å². The van der Waals surface area contributed by atoms with Crippen LogP contribution in [0.4, 0.5) is 0 Å². The van der Waals surface area contributed by atoms with Gasteiger partial charge in [-0.2, -0.15) is 0 Å². The lowest BCUT2D eigenvalue weighted by molar-refractivity contribution is 0.881. The molecule has 0 radical (unpaired) electrons. The van der Waals surface area contributed by atoms with Gasteiger partial charge in [-0.1, -0.05) is 34.1 Å². The molecule has 20 heavy (non-hydrogen) atoms. The molecule has 0 aliphatic carbocycles. The highest BCUT2D eigenvalue weighted by molar-refractivity contribution is 9.10. The monoisotopic (exact) mass is 327 g/mol. The second-order valence-electron chi connectivity index (χ2n) is 4.70. The Morgan fingerprint density at radius 3 is 2.55 bits per heavy atom. The van der Waals surface area contributed by atoms with Crippen molar-refractivity contribution in [2.75, 3.05) is 0 Å². The van der Waals surface area contributed by atoms with Gasteiger partial charge >= 0.3 is 0 Å². The Kier molecular flexibility index (Phi) is 2.40. The summed E-state index contributed by atoms with van der Waals surface area (Å²) in [6, 6.07) is 12.6. The first-order chi connectivity index (χ1) is 9.74. The summed E-state index contributed by atoms with van der Waals surface area (Å²) in [5, 5.41) is 16.5. The number of aryl methyl sites for hydroxylation is 1. The Labute approximate surface area is 122 Å². The number of fused-ring (bicyclic) bond motifs is 3. The first-order valence-corrected chi connectivity index (χ1v) is 6.95. The van der Waals surface area contributed by atoms with Gasteiger partial charge in [0.1, 0.15) is 0 Å². The first-order valence-electron chi connectivity index (χ1n) is 6.16. The number of benzene rings is 2. The van der Waals surface area contributed by atoms with Gasteiger partial charge in [-0.3, -0.25) is 0 Å². The minimum absolute atomic E-state index is 0.679. The van der Waals surface area contributed by atoms with Crippen LogP contribution in [0.2, 0.25) is 0 Å². The maximum atomic E-state index is 3.96. The molecule has 0 bridgehead atoms. The summed E-state index contributed by atoms with van der Waals surface area (Å²) in [4.78, 5) is 0. The Balaban J connectivity index is 2.08. The molecule has 2 heterocycles. The van der Waals surface area contributed by atoms with Crippen LogP contribution < -0.4 is 0 Å². The van der Waals surface area contributed by atoms with Gasteiger partial charge in [-0.05, 0) is 28.6 Å². The maximum absolute atomic E-state index is 3.96. The summed E-state index contributed by atoms with van der Waals surface area (Å²) in [7, 11) is 2.07. The van der Waals surface area contributed by atoms with Gasteiger partial charge in [-0.15, -0.1) is 5.10 Å². The molecule has 0 aliphatic heterocycles. The van der Waals surface area contributed by atoms with Gasteiger partial charge in [0.2, 0.25) is 0 Å². The fourth-order valence-electron chi connectivity index (χ4n) is 2.61. The number of aromatic amines is 1. The summed E-state index contributed by atoms with van der Waals surface area (Å²) in [6.45, 7) is 0. The van der Waals surface area contributed by atoms with E-state index in [1.54, 1.807) is 0 Å². The van der Waals surface area contributed by atoms with Gasteiger partial charge in [0.25, 0.3) is 0 Å². The maximum Gasteiger partial charge on any atom is 0.179 e. The summed E-state index contributed by atoms with van der Waals surface area (Å²) in [6.07, 6.45) is 0. The molecule has 0 saturated heterocycles. The lowest BCUT2D eigenvalue weighted by atomic mass is 10.1. The standard InChI is InChI=1S/C14H10BrN5/c1-20-12-6-8(14-16-18-19-17-14)2-4-10(12)11-5-3-9(15)7-13(11)20/h2-7H,1H3,(H,16,17,18,19). The fourth-order valence-corrected chi connectivity index (χ4v) is 2.95. The van der Waals surface area contributed by atoms with Crippen molar-refractivity contribution < 1.29 is 0 Å². The number of rotatable bonds is 1. The van der Waals surface area contributed by atoms with E-state index in [4.69, 9.17) is 0 Å². The van der Waals surface area contributed by atoms with Gasteiger partial charge in [0.05, 0.1) is 0 Å². The fraction of sp³-hybridized carbons (Fsp3) is 0.0714. The van der Waals surface area contributed by atoms with Crippen molar-refractivity contribution in [3.05, 3.63) is 40.9 Å². The van der Waals surface area contributed by atoms with E-state index in [0.29, 0.717) is 5.82 Å². The number of nitrogens with one attached hydrogen (secondary N) is 1. The molecular weight excluding hydrogens is 318 g/mol. The Hall–Kier alpha value is -2.21. The van der Waals surface area contributed by atoms with E-state index in [-0.39, 0.29) is 0 Å². The number of H-pyrrole nitrogens is 1. The molecule has 0 amide bonds. The molecule has 0 fully saturated rings. The molecular formula is C14H10BrN5. The van der Waals surface area contributed by atoms with Crippen molar-refractivity contribution >= 4 is 37.7 Å². The average molecular weight is 328 g/mol. The Morgan fingerprint density at radius 2 is 1.80 bits per heavy atom. The highest BCUT2D eigenvalue weighted by Gasteiger charge is 2.10. The third-order valence-electron chi connectivity index (χ3n) is 3.59. The van der Waals surface area contributed by atoms with Gasteiger partial charge in [-0.25, -0.2) is 5.10 Å². The zero-order valence-corrected chi connectivity index (χ0v) is 12.2. The second-order valence-corrected chi connectivity index (χ2v) is 5.62. The van der Waals surface area contributed by atoms with Crippen molar-refractivity contribution in [1.82, 2.24) is 25.2 Å². The van der Waals surface area contributed by atoms with E-state index in [1.807, 2.05) is 6.07 Å². The molecule has 2 aromatic heterocycles. The zero-order valence-electron chi connectivity index (χ0n) is 10.6. The molecule has 0 atom stereocenters. The number of hydrogen-bond acceptors (Lipinski definition) is 3. The molecule has 4 rings (SSSR count). The SMILES string of the molecule is Cn1c2cc(Br)ccc2c2ccc(-c3nnn[nH]3)cc21. The predicted octanol–water partition coefficient (Wildman–Crippen LogP) is 3.27. The van der Waals surface area contributed by atoms with Crippen LogP contribution in [0.25, 0.3) is 33.2 Å². The summed E-state index contributed by atoms with van der Waals surface area (Å²) < 4.78 is 3.26.